The van der Waals surface area contributed by atoms with Crippen LogP contribution >= 0.6 is 11.3 Å². The van der Waals surface area contributed by atoms with Gasteiger partial charge in [0.2, 0.25) is 0 Å². The van der Waals surface area contributed by atoms with Crippen molar-refractivity contribution in [3.05, 3.63) is 51.7 Å². The van der Waals surface area contributed by atoms with Gasteiger partial charge in [-0.2, -0.15) is 0 Å². The Morgan fingerprint density at radius 2 is 1.87 bits per heavy atom. The summed E-state index contributed by atoms with van der Waals surface area (Å²) in [5.41, 5.74) is 1.96. The van der Waals surface area contributed by atoms with E-state index in [9.17, 15) is 9.59 Å². The zero-order valence-electron chi connectivity index (χ0n) is 13.4. The highest BCUT2D eigenvalue weighted by molar-refractivity contribution is 7.13. The monoisotopic (exact) mass is 331 g/mol. The average molecular weight is 331 g/mol. The summed E-state index contributed by atoms with van der Waals surface area (Å²) < 4.78 is 5.01. The lowest BCUT2D eigenvalue weighted by Gasteiger charge is -2.07. The summed E-state index contributed by atoms with van der Waals surface area (Å²) in [4.78, 5) is 25.1. The van der Waals surface area contributed by atoms with E-state index in [2.05, 4.69) is 12.2 Å². The van der Waals surface area contributed by atoms with Crippen LogP contribution in [0.1, 0.15) is 39.9 Å². The first kappa shape index (κ1) is 17.2. The van der Waals surface area contributed by atoms with Gasteiger partial charge in [-0.25, -0.2) is 4.79 Å². The van der Waals surface area contributed by atoms with E-state index in [0.717, 1.165) is 24.1 Å². The molecule has 0 spiro atoms. The first-order valence-corrected chi connectivity index (χ1v) is 8.52. The first-order chi connectivity index (χ1) is 11.1. The second kappa shape index (κ2) is 8.48. The summed E-state index contributed by atoms with van der Waals surface area (Å²) in [6, 6.07) is 11.3. The molecule has 1 aromatic heterocycles. The molecule has 2 aromatic rings. The number of unbranched alkanes of at least 4 members (excludes halogenated alkanes) is 1. The molecule has 122 valence electrons. The van der Waals surface area contributed by atoms with Crippen LogP contribution in [-0.2, 0) is 16.0 Å². The van der Waals surface area contributed by atoms with Crippen LogP contribution in [0.2, 0.25) is 0 Å². The molecule has 0 fully saturated rings. The number of nitrogens with one attached hydrogen (secondary N) is 1. The number of hydrogen-bond donors (Lipinski definition) is 1. The molecule has 1 aromatic carbocycles. The smallest absolute Gasteiger partial charge is 0.348 e. The highest BCUT2D eigenvalue weighted by atomic mass is 32.1. The zero-order chi connectivity index (χ0) is 16.7. The van der Waals surface area contributed by atoms with Gasteiger partial charge in [-0.3, -0.25) is 4.79 Å². The van der Waals surface area contributed by atoms with E-state index < -0.39 is 5.97 Å². The molecule has 1 N–H and O–H groups in total. The van der Waals surface area contributed by atoms with Crippen LogP contribution < -0.4 is 5.32 Å². The zero-order valence-corrected chi connectivity index (χ0v) is 14.2. The van der Waals surface area contributed by atoms with E-state index in [-0.39, 0.29) is 12.5 Å². The minimum absolute atomic E-state index is 0.284. The summed E-state index contributed by atoms with van der Waals surface area (Å²) in [6.07, 6.45) is 3.36. The normalized spacial score (nSPS) is 10.3. The highest BCUT2D eigenvalue weighted by Gasteiger charge is 2.12. The summed E-state index contributed by atoms with van der Waals surface area (Å²) in [5.74, 6) is -0.805. The van der Waals surface area contributed by atoms with Gasteiger partial charge < -0.3 is 10.1 Å². The van der Waals surface area contributed by atoms with E-state index in [4.69, 9.17) is 4.74 Å². The van der Waals surface area contributed by atoms with Gasteiger partial charge in [0, 0.05) is 10.6 Å². The number of hydrogen-bond acceptors (Lipinski definition) is 4. The summed E-state index contributed by atoms with van der Waals surface area (Å²) >= 11 is 1.35. The van der Waals surface area contributed by atoms with Gasteiger partial charge in [-0.1, -0.05) is 25.5 Å². The van der Waals surface area contributed by atoms with Gasteiger partial charge in [0.15, 0.2) is 6.61 Å². The van der Waals surface area contributed by atoms with Gasteiger partial charge >= 0.3 is 5.97 Å². The Morgan fingerprint density at radius 3 is 2.48 bits per heavy atom. The van der Waals surface area contributed by atoms with Crippen LogP contribution in [0.3, 0.4) is 0 Å². The fourth-order valence-electron chi connectivity index (χ4n) is 2.08. The number of carbonyl (C=O) groups excluding carboxylic acids is 2. The number of benzene rings is 1. The molecular formula is C18H21NO3S. The third kappa shape index (κ3) is 5.53. The SMILES string of the molecule is CCCCc1ccc(NC(=O)COC(=O)c2ccc(C)s2)cc1. The quantitative estimate of drug-likeness (QED) is 0.774. The number of carbonyl (C=O) groups is 2. The maximum absolute atomic E-state index is 11.8. The number of thiophene rings is 1. The lowest BCUT2D eigenvalue weighted by Crippen LogP contribution is -2.20. The Balaban J connectivity index is 1.79. The van der Waals surface area contributed by atoms with Crippen molar-refractivity contribution in [2.45, 2.75) is 33.1 Å². The van der Waals surface area contributed by atoms with Gasteiger partial charge in [0.25, 0.3) is 5.91 Å². The molecule has 5 heteroatoms. The molecule has 0 atom stereocenters. The van der Waals surface area contributed by atoms with Gasteiger partial charge in [0.1, 0.15) is 4.88 Å². The molecule has 0 unspecified atom stereocenters. The van der Waals surface area contributed by atoms with E-state index in [1.807, 2.05) is 37.3 Å². The number of ether oxygens (including phenoxy) is 1. The van der Waals surface area contributed by atoms with E-state index in [0.29, 0.717) is 10.6 Å². The van der Waals surface area contributed by atoms with E-state index >= 15 is 0 Å². The van der Waals surface area contributed by atoms with Crippen LogP contribution in [0.15, 0.2) is 36.4 Å². The van der Waals surface area contributed by atoms with E-state index in [1.165, 1.54) is 16.9 Å². The highest BCUT2D eigenvalue weighted by Crippen LogP contribution is 2.16. The molecule has 0 aliphatic heterocycles. The van der Waals surface area contributed by atoms with Crippen molar-refractivity contribution in [1.82, 2.24) is 0 Å². The van der Waals surface area contributed by atoms with Crippen molar-refractivity contribution in [2.75, 3.05) is 11.9 Å². The minimum atomic E-state index is -0.465. The standard InChI is InChI=1S/C18H21NO3S/c1-3-4-5-14-7-9-15(10-8-14)19-17(20)12-22-18(21)16-11-6-13(2)23-16/h6-11H,3-5,12H2,1-2H3,(H,19,20). The molecule has 0 saturated heterocycles. The van der Waals surface area contributed by atoms with Crippen LogP contribution in [-0.4, -0.2) is 18.5 Å². The summed E-state index contributed by atoms with van der Waals surface area (Å²) in [5, 5.41) is 2.72. The number of esters is 1. The molecule has 0 radical (unpaired) electrons. The Hall–Kier alpha value is -2.14. The number of anilines is 1. The maximum atomic E-state index is 11.8. The summed E-state index contributed by atoms with van der Waals surface area (Å²) in [6.45, 7) is 3.79. The molecule has 0 bridgehead atoms. The average Bonchev–Trinajstić information content (AvgIpc) is 2.98. The lowest BCUT2D eigenvalue weighted by atomic mass is 10.1. The second-order valence-corrected chi connectivity index (χ2v) is 6.62. The fourth-order valence-corrected chi connectivity index (χ4v) is 2.84. The number of amides is 1. The first-order valence-electron chi connectivity index (χ1n) is 7.71. The largest absolute Gasteiger partial charge is 0.451 e. The van der Waals surface area contributed by atoms with Gasteiger partial charge in [-0.05, 0) is 49.6 Å². The van der Waals surface area contributed by atoms with Crippen LogP contribution in [0.4, 0.5) is 5.69 Å². The molecule has 0 saturated carbocycles. The Kier molecular flexibility index (Phi) is 6.35. The van der Waals surface area contributed by atoms with Crippen molar-refractivity contribution in [2.24, 2.45) is 0 Å². The molecular weight excluding hydrogens is 310 g/mol. The Morgan fingerprint density at radius 1 is 1.13 bits per heavy atom. The molecule has 0 aliphatic rings. The maximum Gasteiger partial charge on any atom is 0.348 e. The third-order valence-electron chi connectivity index (χ3n) is 3.33. The van der Waals surface area contributed by atoms with Gasteiger partial charge in [0.05, 0.1) is 0 Å². The van der Waals surface area contributed by atoms with Crippen LogP contribution in [0.5, 0.6) is 0 Å². The number of aryl methyl sites for hydroxylation is 2. The minimum Gasteiger partial charge on any atom is -0.451 e. The predicted octanol–water partition coefficient (Wildman–Crippen LogP) is 4.19. The fraction of sp³-hybridized carbons (Fsp3) is 0.333. The molecule has 4 nitrogen and oxygen atoms in total. The van der Waals surface area contributed by atoms with Gasteiger partial charge in [-0.15, -0.1) is 11.3 Å². The van der Waals surface area contributed by atoms with Crippen molar-refractivity contribution < 1.29 is 14.3 Å². The van der Waals surface area contributed by atoms with Crippen molar-refractivity contribution >= 4 is 28.9 Å². The summed E-state index contributed by atoms with van der Waals surface area (Å²) in [7, 11) is 0. The lowest BCUT2D eigenvalue weighted by molar-refractivity contribution is -0.119. The van der Waals surface area contributed by atoms with E-state index in [1.54, 1.807) is 6.07 Å². The molecule has 2 rings (SSSR count). The Bertz CT molecular complexity index is 661. The van der Waals surface area contributed by atoms with Crippen molar-refractivity contribution in [3.8, 4) is 0 Å². The Labute approximate surface area is 140 Å². The molecule has 1 amide bonds. The van der Waals surface area contributed by atoms with Crippen LogP contribution in [0, 0.1) is 6.92 Å². The predicted molar refractivity (Wildman–Crippen MR) is 93.0 cm³/mol. The second-order valence-electron chi connectivity index (χ2n) is 5.34. The molecule has 1 heterocycles. The third-order valence-corrected chi connectivity index (χ3v) is 4.31. The van der Waals surface area contributed by atoms with Crippen molar-refractivity contribution in [1.29, 1.82) is 0 Å². The van der Waals surface area contributed by atoms with Crippen molar-refractivity contribution in [3.63, 3.8) is 0 Å². The number of rotatable bonds is 7. The van der Waals surface area contributed by atoms with Crippen LogP contribution in [0.25, 0.3) is 0 Å². The molecule has 0 aliphatic carbocycles. The topological polar surface area (TPSA) is 55.4 Å². The molecule has 23 heavy (non-hydrogen) atoms.